The van der Waals surface area contributed by atoms with Gasteiger partial charge in [-0.3, -0.25) is 58.1 Å². The molecule has 1 heterocycles. The first-order valence-electron chi connectivity index (χ1n) is 37.8. The molecular formula is C74H131Br7N12O22. The third-order valence-corrected chi connectivity index (χ3v) is 20.2. The Morgan fingerprint density at radius 3 is 1.03 bits per heavy atom. The van der Waals surface area contributed by atoms with E-state index in [1.165, 1.54) is 0 Å². The summed E-state index contributed by atoms with van der Waals surface area (Å²) in [5.74, 6) is -5.53. The van der Waals surface area contributed by atoms with Crippen LogP contribution in [0.1, 0.15) is 132 Å². The standard InChI is InChI=1S/C74H131Br7N12O22/c1-62(2,3)53(99)85-36-72(38-87-55(101)64(7,8)75,39-88-56(102)65(9,10)76)46-112-30-50(96)82-33-71(45-111-27-25-109-23-21-107-20-22-108-24-26-110-29-49(95)28-94,34-83-51(97)31-113-47-73(37-86-54(100)63(4,5)6,40-89-57(103)66(11,12)77)41-90-58(104)67(13,14)78)35-84-52(98)32-114-48-74(42-91-59(105)68(15,16)79)43-92-60(106)70(19,81)115-61(93-44-74)69(17,18)80/h49,61,93-95H,20-48H2,1-19H3,(H,82,96)(H,83,97)(H,84,98)(H,85,99)(H,86,100)(H,87,101)(H,88,102)(H,89,103)(H,90,104)(H,91,105)(H,92,106). The third-order valence-electron chi connectivity index (χ3n) is 17.4. The van der Waals surface area contributed by atoms with Crippen LogP contribution in [0, 0.1) is 32.5 Å². The van der Waals surface area contributed by atoms with Crippen LogP contribution in [-0.2, 0) is 95.4 Å². The monoisotopic (exact) mass is 2090 g/mol. The Labute approximate surface area is 737 Å². The quantitative estimate of drug-likeness (QED) is 0.0307. The molecule has 0 aliphatic carbocycles. The smallest absolute Gasteiger partial charge is 0.263 e. The van der Waals surface area contributed by atoms with Crippen molar-refractivity contribution in [2.75, 3.05) is 191 Å². The van der Waals surface area contributed by atoms with E-state index in [-0.39, 0.29) is 182 Å². The normalized spacial score (nSPS) is 17.5. The Morgan fingerprint density at radius 1 is 0.426 bits per heavy atom. The number of nitrogens with one attached hydrogen (secondary N) is 12. The van der Waals surface area contributed by atoms with Crippen molar-refractivity contribution in [3.63, 3.8) is 0 Å². The molecule has 1 rings (SSSR count). The molecule has 41 heteroatoms. The third kappa shape index (κ3) is 45.7. The fourth-order valence-electron chi connectivity index (χ4n) is 9.68. The van der Waals surface area contributed by atoms with Gasteiger partial charge < -0.3 is 111 Å². The number of carbonyl (C=O) groups is 11. The van der Waals surface area contributed by atoms with Crippen molar-refractivity contribution in [2.24, 2.45) is 32.5 Å². The lowest BCUT2D eigenvalue weighted by molar-refractivity contribution is -0.140. The second-order valence-electron chi connectivity index (χ2n) is 34.3. The summed E-state index contributed by atoms with van der Waals surface area (Å²) in [6.07, 6.45) is -1.80. The maximum Gasteiger partial charge on any atom is 0.263 e. The highest BCUT2D eigenvalue weighted by atomic mass is 79.9. The minimum Gasteiger partial charge on any atom is -0.394 e. The molecule has 14 N–H and O–H groups in total. The van der Waals surface area contributed by atoms with Crippen molar-refractivity contribution in [3.8, 4) is 0 Å². The van der Waals surface area contributed by atoms with Crippen molar-refractivity contribution in [1.29, 1.82) is 0 Å². The molecule has 0 spiro atoms. The first-order chi connectivity index (χ1) is 52.6. The van der Waals surface area contributed by atoms with E-state index in [4.69, 9.17) is 47.7 Å². The lowest BCUT2D eigenvalue weighted by Gasteiger charge is -2.37. The van der Waals surface area contributed by atoms with Gasteiger partial charge in [-0.2, -0.15) is 0 Å². The van der Waals surface area contributed by atoms with E-state index in [0.717, 1.165) is 0 Å². The van der Waals surface area contributed by atoms with Crippen molar-refractivity contribution < 1.29 is 106 Å². The van der Waals surface area contributed by atoms with Crippen molar-refractivity contribution in [3.05, 3.63) is 0 Å². The summed E-state index contributed by atoms with van der Waals surface area (Å²) in [7, 11) is 0. The molecule has 668 valence electrons. The number of carbonyl (C=O) groups excluding carboxylic acids is 11. The summed E-state index contributed by atoms with van der Waals surface area (Å²) in [6.45, 7) is 27.2. The summed E-state index contributed by atoms with van der Waals surface area (Å²) in [6, 6.07) is 0. The number of aliphatic hydroxyl groups excluding tert-OH is 2. The van der Waals surface area contributed by atoms with Gasteiger partial charge in [0.15, 0.2) is 4.51 Å². The van der Waals surface area contributed by atoms with E-state index in [1.807, 2.05) is 13.8 Å². The molecule has 115 heavy (non-hydrogen) atoms. The minimum atomic E-state index is -1.52. The predicted octanol–water partition coefficient (Wildman–Crippen LogP) is 2.89. The summed E-state index contributed by atoms with van der Waals surface area (Å²) >= 11 is 24.1. The summed E-state index contributed by atoms with van der Waals surface area (Å²) < 4.78 is 46.0. The largest absolute Gasteiger partial charge is 0.394 e. The van der Waals surface area contributed by atoms with Crippen LogP contribution in [0.3, 0.4) is 0 Å². The van der Waals surface area contributed by atoms with Gasteiger partial charge in [-0.1, -0.05) is 137 Å². The maximum atomic E-state index is 14.5. The molecule has 1 aliphatic rings. The second kappa shape index (κ2) is 50.0. The SMILES string of the molecule is CC(C)(C)C(=O)NCC(CNC(=O)C(C)(C)Br)(CNC(=O)C(C)(C)Br)COCC(=O)NCC(CNC(=O)COCC(CNC(=O)C(C)(C)C)(CNC(=O)C(C)(C)Br)CNC(=O)C(C)(C)Br)(CNC(=O)COCC1(CNC(=O)C(C)(C)Br)CNC(=O)C(C)(Br)OC(C(C)(C)Br)NC1)COCCOCCOCCOCCOCC(O)CO. The predicted molar refractivity (Wildman–Crippen MR) is 460 cm³/mol. The topological polar surface area (TPSA) is 456 Å². The lowest BCUT2D eigenvalue weighted by atomic mass is 9.86. The first-order valence-corrected chi connectivity index (χ1v) is 43.4. The van der Waals surface area contributed by atoms with Crippen LogP contribution < -0.4 is 63.8 Å². The van der Waals surface area contributed by atoms with Gasteiger partial charge in [0.1, 0.15) is 32.2 Å². The van der Waals surface area contributed by atoms with Gasteiger partial charge in [-0.15, -0.1) is 0 Å². The summed E-state index contributed by atoms with van der Waals surface area (Å²) in [5, 5.41) is 53.8. The van der Waals surface area contributed by atoms with Crippen molar-refractivity contribution >= 4 is 176 Å². The molecule has 1 aliphatic heterocycles. The number of ether oxygens (including phenoxy) is 9. The van der Waals surface area contributed by atoms with E-state index in [9.17, 15) is 57.8 Å². The number of hydrogen-bond donors (Lipinski definition) is 14. The Kier molecular flexibility index (Phi) is 47.8. The van der Waals surface area contributed by atoms with Crippen LogP contribution in [0.2, 0.25) is 0 Å². The number of aliphatic hydroxyl groups is 2. The number of halogens is 7. The van der Waals surface area contributed by atoms with Gasteiger partial charge in [0.2, 0.25) is 59.1 Å². The van der Waals surface area contributed by atoms with Crippen LogP contribution in [0.25, 0.3) is 0 Å². The molecule has 0 aromatic rings. The fourth-order valence-corrected chi connectivity index (χ4v) is 11.0. The van der Waals surface area contributed by atoms with E-state index in [1.54, 1.807) is 118 Å². The number of amides is 11. The molecule has 11 amide bonds. The van der Waals surface area contributed by atoms with Gasteiger partial charge in [-0.25, -0.2) is 0 Å². The Balaban J connectivity index is 4.14. The molecule has 0 bridgehead atoms. The van der Waals surface area contributed by atoms with E-state index in [2.05, 4.69) is 175 Å². The molecule has 4 atom stereocenters. The van der Waals surface area contributed by atoms with Crippen molar-refractivity contribution in [1.82, 2.24) is 63.8 Å². The Bertz CT molecular complexity index is 2830. The highest BCUT2D eigenvalue weighted by molar-refractivity contribution is 9.11. The highest BCUT2D eigenvalue weighted by Crippen LogP contribution is 2.33. The van der Waals surface area contributed by atoms with E-state index >= 15 is 0 Å². The molecule has 0 aromatic heterocycles. The zero-order chi connectivity index (χ0) is 88.4. The van der Waals surface area contributed by atoms with E-state index < -0.39 is 149 Å². The second-order valence-corrected chi connectivity index (χ2v) is 47.8. The molecule has 0 aromatic carbocycles. The molecule has 1 saturated heterocycles. The first kappa shape index (κ1) is 110. The van der Waals surface area contributed by atoms with Crippen molar-refractivity contribution in [2.45, 2.75) is 174 Å². The molecule has 4 unspecified atom stereocenters. The lowest BCUT2D eigenvalue weighted by Crippen LogP contribution is -2.58. The molecule has 0 radical (unpaired) electrons. The molecule has 0 saturated carbocycles. The summed E-state index contributed by atoms with van der Waals surface area (Å²) in [4.78, 5) is 152. The van der Waals surface area contributed by atoms with Crippen LogP contribution >= 0.6 is 112 Å². The average molecular weight is 2100 g/mol. The maximum absolute atomic E-state index is 14.5. The molecular weight excluding hydrogens is 1970 g/mol. The zero-order valence-electron chi connectivity index (χ0n) is 70.4. The number of rotatable bonds is 55. The average Bonchev–Trinajstić information content (AvgIpc) is 1.74. The van der Waals surface area contributed by atoms with Gasteiger partial charge in [-0.05, 0) is 106 Å². The van der Waals surface area contributed by atoms with Crippen LogP contribution in [0.4, 0.5) is 0 Å². The van der Waals surface area contributed by atoms with Crippen LogP contribution in [0.15, 0.2) is 0 Å². The van der Waals surface area contributed by atoms with Gasteiger partial charge >= 0.3 is 0 Å². The number of alkyl halides is 7. The van der Waals surface area contributed by atoms with Crippen LogP contribution in [-0.4, -0.2) is 309 Å². The zero-order valence-corrected chi connectivity index (χ0v) is 81.5. The fraction of sp³-hybridized carbons (Fsp3) is 0.851. The van der Waals surface area contributed by atoms with Gasteiger partial charge in [0, 0.05) is 111 Å². The van der Waals surface area contributed by atoms with E-state index in [0.29, 0.717) is 0 Å². The minimum absolute atomic E-state index is 0.00534. The van der Waals surface area contributed by atoms with Gasteiger partial charge in [0.25, 0.3) is 5.91 Å². The Hall–Kier alpha value is -2.95. The highest BCUT2D eigenvalue weighted by Gasteiger charge is 2.46. The Morgan fingerprint density at radius 2 is 0.713 bits per heavy atom. The van der Waals surface area contributed by atoms with Gasteiger partial charge in [0.05, 0.1) is 118 Å². The number of hydrogen-bond acceptors (Lipinski definition) is 23. The van der Waals surface area contributed by atoms with Crippen LogP contribution in [0.5, 0.6) is 0 Å². The molecule has 1 fully saturated rings. The molecule has 34 nitrogen and oxygen atoms in total. The summed E-state index contributed by atoms with van der Waals surface area (Å²) in [5.41, 5.74) is -6.98.